The molecule has 4 heteroatoms. The van der Waals surface area contributed by atoms with Crippen LogP contribution >= 0.6 is 0 Å². The second-order valence-corrected chi connectivity index (χ2v) is 4.58. The van der Waals surface area contributed by atoms with E-state index < -0.39 is 6.10 Å². The monoisotopic (exact) mass is 267 g/mol. The molecule has 0 aliphatic rings. The first kappa shape index (κ1) is 16.0. The van der Waals surface area contributed by atoms with Crippen molar-refractivity contribution in [2.75, 3.05) is 33.9 Å². The van der Waals surface area contributed by atoms with Crippen molar-refractivity contribution in [2.45, 2.75) is 26.0 Å². The van der Waals surface area contributed by atoms with Crippen molar-refractivity contribution >= 4 is 0 Å². The molecule has 1 aromatic carbocycles. The van der Waals surface area contributed by atoms with Gasteiger partial charge in [-0.2, -0.15) is 0 Å². The molecule has 2 atom stereocenters. The van der Waals surface area contributed by atoms with E-state index in [4.69, 9.17) is 9.47 Å². The van der Waals surface area contributed by atoms with Crippen LogP contribution in [-0.2, 0) is 4.74 Å². The normalized spacial score (nSPS) is 14.4. The summed E-state index contributed by atoms with van der Waals surface area (Å²) in [5.74, 6) is 0.801. The van der Waals surface area contributed by atoms with Gasteiger partial charge in [-0.3, -0.25) is 4.90 Å². The molecule has 0 saturated carbocycles. The van der Waals surface area contributed by atoms with Crippen LogP contribution in [0.15, 0.2) is 24.3 Å². The van der Waals surface area contributed by atoms with Crippen LogP contribution in [0.4, 0.5) is 0 Å². The van der Waals surface area contributed by atoms with Gasteiger partial charge in [0.05, 0.1) is 19.8 Å². The fraction of sp³-hybridized carbons (Fsp3) is 0.600. The second kappa shape index (κ2) is 8.15. The zero-order chi connectivity index (χ0) is 14.3. The number of likely N-dealkylation sites (N-methyl/N-ethyl adjacent to an activating group) is 1. The molecule has 4 nitrogen and oxygen atoms in total. The highest BCUT2D eigenvalue weighted by Crippen LogP contribution is 2.23. The molecular formula is C15H25NO3. The molecule has 0 aromatic heterocycles. The van der Waals surface area contributed by atoms with Crippen molar-refractivity contribution in [1.82, 2.24) is 4.90 Å². The summed E-state index contributed by atoms with van der Waals surface area (Å²) in [6.45, 7) is 6.51. The van der Waals surface area contributed by atoms with Crippen molar-refractivity contribution in [1.29, 1.82) is 0 Å². The highest BCUT2D eigenvalue weighted by Gasteiger charge is 2.21. The van der Waals surface area contributed by atoms with Crippen molar-refractivity contribution in [3.63, 3.8) is 0 Å². The Morgan fingerprint density at radius 3 is 2.32 bits per heavy atom. The molecule has 0 aliphatic heterocycles. The van der Waals surface area contributed by atoms with Crippen LogP contribution in [-0.4, -0.2) is 50.0 Å². The van der Waals surface area contributed by atoms with Gasteiger partial charge >= 0.3 is 0 Å². The predicted octanol–water partition coefficient (Wildman–Crippen LogP) is 2.09. The maximum absolute atomic E-state index is 10.4. The van der Waals surface area contributed by atoms with Crippen molar-refractivity contribution in [3.05, 3.63) is 29.8 Å². The van der Waals surface area contributed by atoms with Gasteiger partial charge in [0.1, 0.15) is 5.75 Å². The zero-order valence-corrected chi connectivity index (χ0v) is 12.3. The first-order chi connectivity index (χ1) is 9.13. The Balaban J connectivity index is 2.70. The topological polar surface area (TPSA) is 41.9 Å². The first-order valence-corrected chi connectivity index (χ1v) is 6.69. The van der Waals surface area contributed by atoms with Crippen LogP contribution in [0.25, 0.3) is 0 Å². The summed E-state index contributed by atoms with van der Waals surface area (Å²) in [5, 5.41) is 10.4. The summed E-state index contributed by atoms with van der Waals surface area (Å²) in [6.07, 6.45) is -0.511. The minimum absolute atomic E-state index is 0.0496. The highest BCUT2D eigenvalue weighted by molar-refractivity contribution is 5.29. The number of nitrogens with zero attached hydrogens (tertiary/aromatic N) is 1. The summed E-state index contributed by atoms with van der Waals surface area (Å²) in [7, 11) is 3.33. The van der Waals surface area contributed by atoms with Gasteiger partial charge in [-0.05, 0) is 31.2 Å². The Kier molecular flexibility index (Phi) is 6.84. The van der Waals surface area contributed by atoms with Gasteiger partial charge in [0.15, 0.2) is 0 Å². The van der Waals surface area contributed by atoms with Gasteiger partial charge in [-0.1, -0.05) is 19.1 Å². The van der Waals surface area contributed by atoms with Crippen molar-refractivity contribution in [3.8, 4) is 5.75 Å². The molecule has 0 heterocycles. The number of benzene rings is 1. The average molecular weight is 267 g/mol. The number of aliphatic hydroxyl groups is 1. The fourth-order valence-electron chi connectivity index (χ4n) is 2.14. The Morgan fingerprint density at radius 1 is 1.21 bits per heavy atom. The molecule has 2 unspecified atom stereocenters. The number of aliphatic hydroxyl groups excluding tert-OH is 1. The number of hydrogen-bond donors (Lipinski definition) is 1. The molecule has 0 bridgehead atoms. The van der Waals surface area contributed by atoms with Crippen LogP contribution in [0.2, 0.25) is 0 Å². The first-order valence-electron chi connectivity index (χ1n) is 6.69. The molecule has 19 heavy (non-hydrogen) atoms. The lowest BCUT2D eigenvalue weighted by molar-refractivity contribution is 0.0446. The minimum atomic E-state index is -0.511. The molecule has 1 aromatic rings. The summed E-state index contributed by atoms with van der Waals surface area (Å²) in [6, 6.07) is 7.61. The van der Waals surface area contributed by atoms with Gasteiger partial charge in [-0.15, -0.1) is 0 Å². The van der Waals surface area contributed by atoms with Crippen molar-refractivity contribution < 1.29 is 14.6 Å². The molecule has 108 valence electrons. The zero-order valence-electron chi connectivity index (χ0n) is 12.3. The van der Waals surface area contributed by atoms with Gasteiger partial charge in [0.2, 0.25) is 0 Å². The third-order valence-electron chi connectivity index (χ3n) is 3.48. The number of methoxy groups -OCH3 is 2. The van der Waals surface area contributed by atoms with E-state index in [0.29, 0.717) is 6.61 Å². The Bertz CT molecular complexity index is 353. The van der Waals surface area contributed by atoms with E-state index in [-0.39, 0.29) is 6.04 Å². The highest BCUT2D eigenvalue weighted by atomic mass is 16.5. The van der Waals surface area contributed by atoms with Crippen LogP contribution in [0, 0.1) is 0 Å². The molecule has 1 rings (SSSR count). The largest absolute Gasteiger partial charge is 0.497 e. The summed E-state index contributed by atoms with van der Waals surface area (Å²) < 4.78 is 10.2. The summed E-state index contributed by atoms with van der Waals surface area (Å²) >= 11 is 0. The Labute approximate surface area is 115 Å². The molecule has 0 radical (unpaired) electrons. The third-order valence-corrected chi connectivity index (χ3v) is 3.48. The van der Waals surface area contributed by atoms with Crippen LogP contribution < -0.4 is 4.74 Å². The predicted molar refractivity (Wildman–Crippen MR) is 76.5 cm³/mol. The van der Waals surface area contributed by atoms with E-state index in [0.717, 1.165) is 24.4 Å². The van der Waals surface area contributed by atoms with Crippen molar-refractivity contribution in [2.24, 2.45) is 0 Å². The average Bonchev–Trinajstić information content (AvgIpc) is 2.47. The van der Waals surface area contributed by atoms with Gasteiger partial charge in [0, 0.05) is 19.7 Å². The molecule has 0 aliphatic carbocycles. The number of rotatable bonds is 8. The van der Waals surface area contributed by atoms with E-state index in [1.165, 1.54) is 0 Å². The third kappa shape index (κ3) is 4.49. The standard InChI is InChI=1S/C15H25NO3/c1-5-16(10-11-18-3)12(2)15(17)13-6-8-14(19-4)9-7-13/h6-9,12,15,17H,5,10-11H2,1-4H3. The second-order valence-electron chi connectivity index (χ2n) is 4.58. The van der Waals surface area contributed by atoms with E-state index in [1.54, 1.807) is 14.2 Å². The molecule has 0 fully saturated rings. The van der Waals surface area contributed by atoms with E-state index >= 15 is 0 Å². The molecule has 0 saturated heterocycles. The smallest absolute Gasteiger partial charge is 0.118 e. The summed E-state index contributed by atoms with van der Waals surface area (Å²) in [4.78, 5) is 2.21. The van der Waals surface area contributed by atoms with Crippen LogP contribution in [0.3, 0.4) is 0 Å². The quantitative estimate of drug-likeness (QED) is 0.783. The molecule has 0 amide bonds. The summed E-state index contributed by atoms with van der Waals surface area (Å²) in [5.41, 5.74) is 0.907. The SMILES string of the molecule is CCN(CCOC)C(C)C(O)c1ccc(OC)cc1. The lowest BCUT2D eigenvalue weighted by Gasteiger charge is -2.31. The molecular weight excluding hydrogens is 242 g/mol. The van der Waals surface area contributed by atoms with E-state index in [1.807, 2.05) is 31.2 Å². The number of ether oxygens (including phenoxy) is 2. The van der Waals surface area contributed by atoms with Crippen LogP contribution in [0.1, 0.15) is 25.5 Å². The molecule has 1 N–H and O–H groups in total. The maximum atomic E-state index is 10.4. The van der Waals surface area contributed by atoms with E-state index in [9.17, 15) is 5.11 Å². The fourth-order valence-corrected chi connectivity index (χ4v) is 2.14. The Morgan fingerprint density at radius 2 is 1.84 bits per heavy atom. The number of hydrogen-bond acceptors (Lipinski definition) is 4. The lowest BCUT2D eigenvalue weighted by atomic mass is 10.0. The maximum Gasteiger partial charge on any atom is 0.118 e. The Hall–Kier alpha value is -1.10. The minimum Gasteiger partial charge on any atom is -0.497 e. The van der Waals surface area contributed by atoms with Gasteiger partial charge in [-0.25, -0.2) is 0 Å². The van der Waals surface area contributed by atoms with Crippen LogP contribution in [0.5, 0.6) is 5.75 Å². The molecule has 0 spiro atoms. The van der Waals surface area contributed by atoms with E-state index in [2.05, 4.69) is 11.8 Å². The van der Waals surface area contributed by atoms with Gasteiger partial charge in [0.25, 0.3) is 0 Å². The lowest BCUT2D eigenvalue weighted by Crippen LogP contribution is -2.39. The van der Waals surface area contributed by atoms with Gasteiger partial charge < -0.3 is 14.6 Å².